The van der Waals surface area contributed by atoms with Gasteiger partial charge < -0.3 is 16.4 Å². The van der Waals surface area contributed by atoms with Crippen LogP contribution in [0.25, 0.3) is 0 Å². The highest BCUT2D eigenvalue weighted by Crippen LogP contribution is 2.24. The highest BCUT2D eigenvalue weighted by Gasteiger charge is 2.09. The van der Waals surface area contributed by atoms with E-state index in [4.69, 9.17) is 18.0 Å². The quantitative estimate of drug-likeness (QED) is 0.579. The Morgan fingerprint density at radius 2 is 2.12 bits per heavy atom. The fourth-order valence-electron chi connectivity index (χ4n) is 1.04. The molecule has 0 fully saturated rings. The van der Waals surface area contributed by atoms with Crippen LogP contribution in [0, 0.1) is 5.92 Å². The molecule has 0 aliphatic heterocycles. The van der Waals surface area contributed by atoms with Crippen molar-refractivity contribution in [2.75, 3.05) is 11.1 Å². The van der Waals surface area contributed by atoms with Gasteiger partial charge in [0.2, 0.25) is 5.91 Å². The number of hydrogen-bond donors (Lipinski definition) is 3. The summed E-state index contributed by atoms with van der Waals surface area (Å²) in [5.74, 6) is -0.223. The van der Waals surface area contributed by atoms with Gasteiger partial charge in [0.15, 0.2) is 5.11 Å². The molecule has 6 heteroatoms. The molecule has 0 bridgehead atoms. The lowest BCUT2D eigenvalue weighted by Crippen LogP contribution is -2.36. The van der Waals surface area contributed by atoms with Crippen molar-refractivity contribution in [1.29, 1.82) is 0 Å². The molecule has 1 aromatic carbocycles. The zero-order chi connectivity index (χ0) is 13.0. The molecule has 0 spiro atoms. The summed E-state index contributed by atoms with van der Waals surface area (Å²) in [7, 11) is 0. The number of carbonyl (C=O) groups is 1. The third-order valence-electron chi connectivity index (χ3n) is 2.00. The van der Waals surface area contributed by atoms with Crippen LogP contribution in [0.15, 0.2) is 22.7 Å². The number of nitrogen functional groups attached to an aromatic ring is 1. The molecule has 1 aromatic rings. The van der Waals surface area contributed by atoms with Crippen LogP contribution in [0.1, 0.15) is 13.8 Å². The fraction of sp³-hybridized carbons (Fsp3) is 0.273. The van der Waals surface area contributed by atoms with E-state index in [1.807, 2.05) is 0 Å². The minimum absolute atomic E-state index is 0.107. The Morgan fingerprint density at radius 3 is 2.65 bits per heavy atom. The van der Waals surface area contributed by atoms with Crippen LogP contribution in [0.4, 0.5) is 11.4 Å². The zero-order valence-corrected chi connectivity index (χ0v) is 12.0. The number of rotatable bonds is 2. The maximum atomic E-state index is 11.4. The van der Waals surface area contributed by atoms with Gasteiger partial charge in [-0.25, -0.2) is 0 Å². The van der Waals surface area contributed by atoms with Crippen LogP contribution >= 0.6 is 28.1 Å². The van der Waals surface area contributed by atoms with E-state index in [1.165, 1.54) is 0 Å². The third kappa shape index (κ3) is 4.32. The highest BCUT2D eigenvalue weighted by molar-refractivity contribution is 9.10. The monoisotopic (exact) mass is 315 g/mol. The molecule has 0 aromatic heterocycles. The minimum atomic E-state index is -0.117. The number of amides is 1. The first-order valence-corrected chi connectivity index (χ1v) is 6.27. The van der Waals surface area contributed by atoms with Gasteiger partial charge in [-0.05, 0) is 46.3 Å². The van der Waals surface area contributed by atoms with Gasteiger partial charge in [0, 0.05) is 16.1 Å². The third-order valence-corrected chi connectivity index (χ3v) is 2.86. The second-order valence-corrected chi connectivity index (χ2v) is 5.10. The van der Waals surface area contributed by atoms with E-state index in [2.05, 4.69) is 26.6 Å². The molecule has 0 atom stereocenters. The van der Waals surface area contributed by atoms with Crippen LogP contribution in [0.2, 0.25) is 0 Å². The van der Waals surface area contributed by atoms with Gasteiger partial charge in [-0.3, -0.25) is 4.79 Å². The van der Waals surface area contributed by atoms with Gasteiger partial charge in [-0.15, -0.1) is 0 Å². The highest BCUT2D eigenvalue weighted by atomic mass is 79.9. The van der Waals surface area contributed by atoms with Crippen molar-refractivity contribution in [1.82, 2.24) is 5.32 Å². The summed E-state index contributed by atoms with van der Waals surface area (Å²) < 4.78 is 0.790. The Morgan fingerprint density at radius 1 is 1.47 bits per heavy atom. The van der Waals surface area contributed by atoms with E-state index in [0.29, 0.717) is 5.69 Å². The lowest BCUT2D eigenvalue weighted by Gasteiger charge is -2.12. The molecule has 17 heavy (non-hydrogen) atoms. The van der Waals surface area contributed by atoms with Crippen LogP contribution in [-0.4, -0.2) is 11.0 Å². The van der Waals surface area contributed by atoms with Gasteiger partial charge in [0.1, 0.15) is 0 Å². The molecule has 0 heterocycles. The smallest absolute Gasteiger partial charge is 0.228 e. The van der Waals surface area contributed by atoms with E-state index in [9.17, 15) is 4.79 Å². The largest absolute Gasteiger partial charge is 0.399 e. The lowest BCUT2D eigenvalue weighted by molar-refractivity contribution is -0.122. The summed E-state index contributed by atoms with van der Waals surface area (Å²) in [6.07, 6.45) is 0. The Balaban J connectivity index is 2.65. The summed E-state index contributed by atoms with van der Waals surface area (Å²) in [5, 5.41) is 5.79. The van der Waals surface area contributed by atoms with Crippen LogP contribution < -0.4 is 16.4 Å². The number of hydrogen-bond acceptors (Lipinski definition) is 3. The summed E-state index contributed by atoms with van der Waals surface area (Å²) in [5.41, 5.74) is 7.03. The summed E-state index contributed by atoms with van der Waals surface area (Å²) >= 11 is 8.38. The maximum Gasteiger partial charge on any atom is 0.228 e. The predicted octanol–water partition coefficient (Wildman–Crippen LogP) is 2.50. The van der Waals surface area contributed by atoms with Crippen LogP contribution in [-0.2, 0) is 4.79 Å². The number of benzene rings is 1. The van der Waals surface area contributed by atoms with Gasteiger partial charge in [0.25, 0.3) is 0 Å². The Labute approximate surface area is 114 Å². The second kappa shape index (κ2) is 5.97. The van der Waals surface area contributed by atoms with Gasteiger partial charge in [-0.2, -0.15) is 0 Å². The number of anilines is 2. The Kier molecular flexibility index (Phi) is 4.89. The Bertz CT molecular complexity index is 448. The molecule has 0 unspecified atom stereocenters. The molecule has 92 valence electrons. The molecule has 0 radical (unpaired) electrons. The van der Waals surface area contributed by atoms with Crippen molar-refractivity contribution < 1.29 is 4.79 Å². The van der Waals surface area contributed by atoms with Crippen molar-refractivity contribution in [3.63, 3.8) is 0 Å². The van der Waals surface area contributed by atoms with Gasteiger partial charge >= 0.3 is 0 Å². The van der Waals surface area contributed by atoms with E-state index in [1.54, 1.807) is 32.0 Å². The van der Waals surface area contributed by atoms with Gasteiger partial charge in [0.05, 0.1) is 5.69 Å². The molecule has 0 aliphatic rings. The van der Waals surface area contributed by atoms with Crippen molar-refractivity contribution in [3.8, 4) is 0 Å². The predicted molar refractivity (Wildman–Crippen MR) is 77.8 cm³/mol. The number of thiocarbonyl (C=S) groups is 1. The van der Waals surface area contributed by atoms with E-state index >= 15 is 0 Å². The van der Waals surface area contributed by atoms with Gasteiger partial charge in [-0.1, -0.05) is 13.8 Å². The topological polar surface area (TPSA) is 67.2 Å². The molecule has 4 nitrogen and oxygen atoms in total. The van der Waals surface area contributed by atoms with Crippen molar-refractivity contribution in [2.45, 2.75) is 13.8 Å². The SMILES string of the molecule is CC(C)C(=O)NC(=S)Nc1ccc(N)cc1Br. The van der Waals surface area contributed by atoms with E-state index < -0.39 is 0 Å². The van der Waals surface area contributed by atoms with E-state index in [0.717, 1.165) is 10.2 Å². The molecular weight excluding hydrogens is 302 g/mol. The number of halogens is 1. The molecule has 0 saturated heterocycles. The standard InChI is InChI=1S/C11H14BrN3OS/c1-6(2)10(16)15-11(17)14-9-4-3-7(13)5-8(9)12/h3-6H,13H2,1-2H3,(H2,14,15,16,17). The molecule has 0 aliphatic carbocycles. The van der Waals surface area contributed by atoms with Crippen LogP contribution in [0.5, 0.6) is 0 Å². The molecule has 1 amide bonds. The maximum absolute atomic E-state index is 11.4. The zero-order valence-electron chi connectivity index (χ0n) is 9.58. The average molecular weight is 316 g/mol. The molecule has 1 rings (SSSR count). The van der Waals surface area contributed by atoms with Crippen molar-refractivity contribution in [2.24, 2.45) is 5.92 Å². The normalized spacial score (nSPS) is 10.1. The summed E-state index contributed by atoms with van der Waals surface area (Å²) in [6.45, 7) is 3.61. The Hall–Kier alpha value is -1.14. The lowest BCUT2D eigenvalue weighted by atomic mass is 10.2. The minimum Gasteiger partial charge on any atom is -0.399 e. The first kappa shape index (κ1) is 13.9. The second-order valence-electron chi connectivity index (χ2n) is 3.84. The number of nitrogens with one attached hydrogen (secondary N) is 2. The van der Waals surface area contributed by atoms with Crippen molar-refractivity contribution >= 4 is 50.5 Å². The van der Waals surface area contributed by atoms with E-state index in [-0.39, 0.29) is 16.9 Å². The number of nitrogens with two attached hydrogens (primary N) is 1. The van der Waals surface area contributed by atoms with Crippen molar-refractivity contribution in [3.05, 3.63) is 22.7 Å². The van der Waals surface area contributed by atoms with Crippen LogP contribution in [0.3, 0.4) is 0 Å². The molecule has 4 N–H and O–H groups in total. The molecular formula is C11H14BrN3OS. The fourth-order valence-corrected chi connectivity index (χ4v) is 1.75. The first-order chi connectivity index (χ1) is 7.90. The summed E-state index contributed by atoms with van der Waals surface area (Å²) in [6, 6.07) is 5.29. The summed E-state index contributed by atoms with van der Waals surface area (Å²) in [4.78, 5) is 11.4. The average Bonchev–Trinajstić information content (AvgIpc) is 2.22. The first-order valence-electron chi connectivity index (χ1n) is 5.07. The number of carbonyl (C=O) groups excluding carboxylic acids is 1. The molecule has 0 saturated carbocycles.